The molecule has 0 radical (unpaired) electrons. The number of rotatable bonds is 6. The van der Waals surface area contributed by atoms with Gasteiger partial charge in [0.05, 0.1) is 6.61 Å². The number of carbonyl (C=O) groups is 1. The maximum absolute atomic E-state index is 12.4. The van der Waals surface area contributed by atoms with Crippen LogP contribution >= 0.6 is 15.9 Å². The summed E-state index contributed by atoms with van der Waals surface area (Å²) < 4.78 is 16.7. The van der Waals surface area contributed by atoms with E-state index in [-0.39, 0.29) is 11.8 Å². The number of carbonyl (C=O) groups excluding carboxylic acids is 1. The smallest absolute Gasteiger partial charge is 0.293 e. The summed E-state index contributed by atoms with van der Waals surface area (Å²) in [5, 5.41) is 4.03. The number of nitrogens with zero attached hydrogens (tertiary/aromatic N) is 3. The van der Waals surface area contributed by atoms with Gasteiger partial charge in [0.25, 0.3) is 5.89 Å². The van der Waals surface area contributed by atoms with Crippen molar-refractivity contribution in [3.63, 3.8) is 0 Å². The van der Waals surface area contributed by atoms with Crippen molar-refractivity contribution in [2.24, 2.45) is 0 Å². The number of likely N-dealkylation sites (tertiary alicyclic amines) is 1. The zero-order chi connectivity index (χ0) is 18.8. The van der Waals surface area contributed by atoms with Crippen molar-refractivity contribution in [3.8, 4) is 17.4 Å². The second-order valence-corrected chi connectivity index (χ2v) is 7.10. The second kappa shape index (κ2) is 7.56. The number of hydrogen-bond donors (Lipinski definition) is 0. The Morgan fingerprint density at radius 2 is 2.07 bits per heavy atom. The van der Waals surface area contributed by atoms with Gasteiger partial charge in [-0.1, -0.05) is 17.3 Å². The van der Waals surface area contributed by atoms with E-state index in [9.17, 15) is 4.79 Å². The van der Waals surface area contributed by atoms with Crippen LogP contribution in [0.2, 0.25) is 0 Å². The molecule has 3 aromatic rings. The van der Waals surface area contributed by atoms with Crippen molar-refractivity contribution in [2.75, 3.05) is 13.2 Å². The lowest BCUT2D eigenvalue weighted by molar-refractivity contribution is -0.128. The molecular weight excluding hydrogens is 414 g/mol. The van der Waals surface area contributed by atoms with Crippen LogP contribution in [0.5, 0.6) is 5.75 Å². The Bertz CT molecular complexity index is 935. The van der Waals surface area contributed by atoms with Gasteiger partial charge in [-0.15, -0.1) is 0 Å². The van der Waals surface area contributed by atoms with Crippen molar-refractivity contribution >= 4 is 21.8 Å². The van der Waals surface area contributed by atoms with Crippen molar-refractivity contribution in [3.05, 3.63) is 52.5 Å². The van der Waals surface area contributed by atoms with E-state index in [1.165, 1.54) is 0 Å². The summed E-state index contributed by atoms with van der Waals surface area (Å²) in [7, 11) is 0. The van der Waals surface area contributed by atoms with Crippen molar-refractivity contribution in [1.82, 2.24) is 15.0 Å². The first-order valence-corrected chi connectivity index (χ1v) is 9.50. The molecule has 4 rings (SSSR count). The van der Waals surface area contributed by atoms with Crippen LogP contribution in [0.25, 0.3) is 11.7 Å². The van der Waals surface area contributed by atoms with Crippen molar-refractivity contribution in [1.29, 1.82) is 0 Å². The molecule has 1 atom stereocenters. The predicted octanol–water partition coefficient (Wildman–Crippen LogP) is 4.01. The Morgan fingerprint density at radius 3 is 2.78 bits per heavy atom. The molecule has 1 aliphatic rings. The normalized spacial score (nSPS) is 16.9. The first-order valence-electron chi connectivity index (χ1n) is 8.71. The van der Waals surface area contributed by atoms with Gasteiger partial charge in [-0.2, -0.15) is 4.98 Å². The molecular formula is C19H18BrN3O4. The molecule has 1 saturated heterocycles. The van der Waals surface area contributed by atoms with E-state index in [2.05, 4.69) is 26.1 Å². The Morgan fingerprint density at radius 1 is 1.26 bits per heavy atom. The zero-order valence-corrected chi connectivity index (χ0v) is 16.3. The highest BCUT2D eigenvalue weighted by atomic mass is 79.9. The van der Waals surface area contributed by atoms with Gasteiger partial charge < -0.3 is 18.6 Å². The third kappa shape index (κ3) is 3.90. The summed E-state index contributed by atoms with van der Waals surface area (Å²) in [6.07, 6.45) is 0.373. The lowest BCUT2D eigenvalue weighted by atomic mass is 10.1. The zero-order valence-electron chi connectivity index (χ0n) is 14.7. The van der Waals surface area contributed by atoms with E-state index >= 15 is 0 Å². The van der Waals surface area contributed by atoms with Crippen molar-refractivity contribution in [2.45, 2.75) is 25.8 Å². The van der Waals surface area contributed by atoms with Gasteiger partial charge in [-0.25, -0.2) is 0 Å². The lowest BCUT2D eigenvalue weighted by Gasteiger charge is -2.16. The predicted molar refractivity (Wildman–Crippen MR) is 100 cm³/mol. The molecule has 1 unspecified atom stereocenters. The fourth-order valence-corrected chi connectivity index (χ4v) is 3.41. The van der Waals surface area contributed by atoms with Gasteiger partial charge in [0.1, 0.15) is 5.75 Å². The maximum atomic E-state index is 12.4. The summed E-state index contributed by atoms with van der Waals surface area (Å²) in [4.78, 5) is 18.6. The van der Waals surface area contributed by atoms with Crippen LogP contribution in [0.3, 0.4) is 0 Å². The Labute approximate surface area is 164 Å². The molecule has 0 saturated carbocycles. The number of hydrogen-bond acceptors (Lipinski definition) is 6. The van der Waals surface area contributed by atoms with E-state index < -0.39 is 0 Å². The summed E-state index contributed by atoms with van der Waals surface area (Å²) >= 11 is 3.25. The third-order valence-corrected chi connectivity index (χ3v) is 4.84. The SMILES string of the molecule is CCOc1ccc(CN2CC(c3noc(-c4ccc(Br)o4)n3)CC2=O)cc1. The first-order chi connectivity index (χ1) is 13.1. The molecule has 2 aromatic heterocycles. The quantitative estimate of drug-likeness (QED) is 0.586. The number of ether oxygens (including phenoxy) is 1. The summed E-state index contributed by atoms with van der Waals surface area (Å²) in [5.41, 5.74) is 1.06. The third-order valence-electron chi connectivity index (χ3n) is 4.41. The molecule has 7 nitrogen and oxygen atoms in total. The summed E-state index contributed by atoms with van der Waals surface area (Å²) in [6, 6.07) is 11.3. The molecule has 1 amide bonds. The van der Waals surface area contributed by atoms with Gasteiger partial charge in [-0.3, -0.25) is 4.79 Å². The molecule has 1 aliphatic heterocycles. The number of benzene rings is 1. The molecule has 140 valence electrons. The molecule has 1 fully saturated rings. The number of aromatic nitrogens is 2. The lowest BCUT2D eigenvalue weighted by Crippen LogP contribution is -2.24. The van der Waals surface area contributed by atoms with Crippen LogP contribution < -0.4 is 4.74 Å². The van der Waals surface area contributed by atoms with Crippen molar-refractivity contribution < 1.29 is 18.5 Å². The standard InChI is InChI=1S/C19H18BrN3O4/c1-2-25-14-5-3-12(4-6-14)10-23-11-13(9-17(23)24)18-21-19(27-22-18)15-7-8-16(20)26-15/h3-8,13H,2,9-11H2,1H3. The van der Waals surface area contributed by atoms with E-state index in [0.717, 1.165) is 11.3 Å². The fourth-order valence-electron chi connectivity index (χ4n) is 3.11. The van der Waals surface area contributed by atoms with E-state index in [4.69, 9.17) is 13.7 Å². The fraction of sp³-hybridized carbons (Fsp3) is 0.316. The Kier molecular flexibility index (Phi) is 4.98. The molecule has 8 heteroatoms. The Balaban J connectivity index is 1.42. The van der Waals surface area contributed by atoms with Crippen LogP contribution in [0, 0.1) is 0 Å². The minimum atomic E-state index is -0.0869. The maximum Gasteiger partial charge on any atom is 0.293 e. The average molecular weight is 432 g/mol. The minimum Gasteiger partial charge on any atom is -0.494 e. The highest BCUT2D eigenvalue weighted by Crippen LogP contribution is 2.30. The molecule has 1 aromatic carbocycles. The van der Waals surface area contributed by atoms with Crippen LogP contribution in [0.4, 0.5) is 0 Å². The highest BCUT2D eigenvalue weighted by molar-refractivity contribution is 9.10. The van der Waals surface area contributed by atoms with E-state index in [1.54, 1.807) is 12.1 Å². The van der Waals surface area contributed by atoms with Crippen LogP contribution in [-0.4, -0.2) is 34.1 Å². The largest absolute Gasteiger partial charge is 0.494 e. The van der Waals surface area contributed by atoms with Gasteiger partial charge in [0.15, 0.2) is 16.3 Å². The molecule has 3 heterocycles. The number of amides is 1. The van der Waals surface area contributed by atoms with Gasteiger partial charge >= 0.3 is 0 Å². The monoisotopic (exact) mass is 431 g/mol. The summed E-state index contributed by atoms with van der Waals surface area (Å²) in [6.45, 7) is 3.70. The second-order valence-electron chi connectivity index (χ2n) is 6.31. The average Bonchev–Trinajstić information content (AvgIpc) is 3.37. The van der Waals surface area contributed by atoms with Crippen LogP contribution in [-0.2, 0) is 11.3 Å². The van der Waals surface area contributed by atoms with Gasteiger partial charge in [-0.05, 0) is 52.7 Å². The Hall–Kier alpha value is -2.61. The molecule has 0 spiro atoms. The molecule has 0 bridgehead atoms. The van der Waals surface area contributed by atoms with Crippen LogP contribution in [0.1, 0.15) is 30.7 Å². The number of furan rings is 1. The first kappa shape index (κ1) is 17.8. The summed E-state index contributed by atoms with van der Waals surface area (Å²) in [5.74, 6) is 2.16. The van der Waals surface area contributed by atoms with Crippen LogP contribution in [0.15, 0.2) is 50.0 Å². The molecule has 27 heavy (non-hydrogen) atoms. The topological polar surface area (TPSA) is 81.6 Å². The van der Waals surface area contributed by atoms with E-state index in [0.29, 0.717) is 48.3 Å². The number of halogens is 1. The minimum absolute atomic E-state index is 0.0842. The molecule has 0 N–H and O–H groups in total. The highest BCUT2D eigenvalue weighted by Gasteiger charge is 2.34. The van der Waals surface area contributed by atoms with Gasteiger partial charge in [0, 0.05) is 25.4 Å². The van der Waals surface area contributed by atoms with Gasteiger partial charge in [0.2, 0.25) is 5.91 Å². The molecule has 0 aliphatic carbocycles. The van der Waals surface area contributed by atoms with E-state index in [1.807, 2.05) is 36.1 Å².